The maximum absolute atomic E-state index is 11.9. The molecule has 3 heterocycles. The van der Waals surface area contributed by atoms with Crippen molar-refractivity contribution < 1.29 is 8.94 Å². The lowest BCUT2D eigenvalue weighted by molar-refractivity contribution is 0.428. The fourth-order valence-corrected chi connectivity index (χ4v) is 2.70. The highest BCUT2D eigenvalue weighted by molar-refractivity contribution is 5.91. The minimum atomic E-state index is -0.293. The molecular weight excluding hydrogens is 348 g/mol. The second-order valence-electron chi connectivity index (χ2n) is 5.65. The number of hydrogen-bond acceptors (Lipinski definition) is 8. The molecular formula is C18H10N6O3. The molecule has 0 aliphatic heterocycles. The minimum absolute atomic E-state index is 0.123. The first-order valence-corrected chi connectivity index (χ1v) is 8.00. The molecule has 9 nitrogen and oxygen atoms in total. The molecule has 1 N–H and O–H groups in total. The number of rotatable bonds is 3. The van der Waals surface area contributed by atoms with Crippen molar-refractivity contribution in [3.63, 3.8) is 0 Å². The van der Waals surface area contributed by atoms with Gasteiger partial charge < -0.3 is 8.94 Å². The second kappa shape index (κ2) is 5.99. The highest BCUT2D eigenvalue weighted by atomic mass is 16.5. The van der Waals surface area contributed by atoms with E-state index in [1.54, 1.807) is 24.3 Å². The van der Waals surface area contributed by atoms with Crippen LogP contribution in [0.1, 0.15) is 0 Å². The molecule has 0 fully saturated rings. The molecule has 3 aromatic heterocycles. The van der Waals surface area contributed by atoms with E-state index in [4.69, 9.17) is 8.94 Å². The largest absolute Gasteiger partial charge is 0.413 e. The molecule has 0 spiro atoms. The molecule has 130 valence electrons. The van der Waals surface area contributed by atoms with Gasteiger partial charge in [-0.3, -0.25) is 4.79 Å². The number of aromatic amines is 1. The lowest BCUT2D eigenvalue weighted by atomic mass is 10.1. The second-order valence-corrected chi connectivity index (χ2v) is 5.65. The molecule has 2 aromatic carbocycles. The topological polar surface area (TPSA) is 124 Å². The third-order valence-electron chi connectivity index (χ3n) is 3.96. The van der Waals surface area contributed by atoms with Crippen LogP contribution in [-0.2, 0) is 0 Å². The summed E-state index contributed by atoms with van der Waals surface area (Å²) in [7, 11) is 0. The molecule has 5 aromatic rings. The van der Waals surface area contributed by atoms with Gasteiger partial charge in [-0.15, -0.1) is 10.2 Å². The van der Waals surface area contributed by atoms with E-state index in [-0.39, 0.29) is 23.2 Å². The summed E-state index contributed by atoms with van der Waals surface area (Å²) in [4.78, 5) is 16.2. The quantitative estimate of drug-likeness (QED) is 0.522. The van der Waals surface area contributed by atoms with E-state index >= 15 is 0 Å². The molecule has 0 saturated heterocycles. The van der Waals surface area contributed by atoms with Crippen molar-refractivity contribution >= 4 is 10.8 Å². The van der Waals surface area contributed by atoms with Gasteiger partial charge in [0.25, 0.3) is 23.2 Å². The average Bonchev–Trinajstić information content (AvgIpc) is 3.39. The molecule has 0 saturated carbocycles. The summed E-state index contributed by atoms with van der Waals surface area (Å²) in [6, 6.07) is 16.4. The monoisotopic (exact) mass is 358 g/mol. The van der Waals surface area contributed by atoms with Crippen molar-refractivity contribution in [3.8, 4) is 34.8 Å². The Morgan fingerprint density at radius 1 is 0.815 bits per heavy atom. The summed E-state index contributed by atoms with van der Waals surface area (Å²) >= 11 is 0. The van der Waals surface area contributed by atoms with Crippen LogP contribution in [0.2, 0.25) is 0 Å². The standard InChI is InChI=1S/C18H10N6O3/c25-15-12-9-5-4-8-11(12)13(20-21-15)17-19-14(24-27-17)18-23-22-16(26-18)10-6-2-1-3-7-10/h1-9H,(H,21,25). The molecule has 0 unspecified atom stereocenters. The number of hydrogen-bond donors (Lipinski definition) is 1. The summed E-state index contributed by atoms with van der Waals surface area (Å²) in [5.41, 5.74) is 0.860. The first-order chi connectivity index (χ1) is 13.3. The lowest BCUT2D eigenvalue weighted by Crippen LogP contribution is -2.09. The molecule has 27 heavy (non-hydrogen) atoms. The maximum Gasteiger partial charge on any atom is 0.289 e. The summed E-state index contributed by atoms with van der Waals surface area (Å²) in [5, 5.41) is 19.4. The van der Waals surface area contributed by atoms with Crippen molar-refractivity contribution in [2.75, 3.05) is 0 Å². The Bertz CT molecular complexity index is 1310. The molecule has 0 amide bonds. The van der Waals surface area contributed by atoms with Gasteiger partial charge >= 0.3 is 0 Å². The van der Waals surface area contributed by atoms with E-state index in [9.17, 15) is 4.79 Å². The van der Waals surface area contributed by atoms with Gasteiger partial charge in [0.05, 0.1) is 5.39 Å². The van der Waals surface area contributed by atoms with Crippen molar-refractivity contribution in [1.29, 1.82) is 0 Å². The molecule has 0 aliphatic rings. The number of aromatic nitrogens is 6. The zero-order chi connectivity index (χ0) is 18.2. The molecule has 0 radical (unpaired) electrons. The number of fused-ring (bicyclic) bond motifs is 1. The predicted octanol–water partition coefficient (Wildman–Crippen LogP) is 2.69. The normalized spacial score (nSPS) is 11.1. The van der Waals surface area contributed by atoms with Gasteiger partial charge in [-0.25, -0.2) is 5.10 Å². The van der Waals surface area contributed by atoms with E-state index in [2.05, 4.69) is 30.5 Å². The van der Waals surface area contributed by atoms with Gasteiger partial charge in [0.2, 0.25) is 5.89 Å². The van der Waals surface area contributed by atoms with Gasteiger partial charge in [0, 0.05) is 10.9 Å². The van der Waals surface area contributed by atoms with E-state index < -0.39 is 0 Å². The SMILES string of the molecule is O=c1[nH]nc(-c2nc(-c3nnc(-c4ccccc4)o3)no2)c2ccccc12. The first-order valence-electron chi connectivity index (χ1n) is 8.00. The number of nitrogens with one attached hydrogen (secondary N) is 1. The number of H-pyrrole nitrogens is 1. The van der Waals surface area contributed by atoms with Crippen LogP contribution in [0, 0.1) is 0 Å². The van der Waals surface area contributed by atoms with E-state index in [1.807, 2.05) is 30.3 Å². The highest BCUT2D eigenvalue weighted by Gasteiger charge is 2.20. The van der Waals surface area contributed by atoms with Crippen molar-refractivity contribution in [1.82, 2.24) is 30.5 Å². The van der Waals surface area contributed by atoms with Crippen LogP contribution in [0.4, 0.5) is 0 Å². The van der Waals surface area contributed by atoms with Crippen LogP contribution in [-0.4, -0.2) is 30.5 Å². The Kier molecular flexibility index (Phi) is 3.36. The van der Waals surface area contributed by atoms with Gasteiger partial charge in [-0.1, -0.05) is 41.6 Å². The molecule has 0 atom stereocenters. The Balaban J connectivity index is 1.56. The number of nitrogens with zero attached hydrogens (tertiary/aromatic N) is 5. The summed E-state index contributed by atoms with van der Waals surface area (Å²) < 4.78 is 10.9. The van der Waals surface area contributed by atoms with Crippen molar-refractivity contribution in [2.24, 2.45) is 0 Å². The van der Waals surface area contributed by atoms with Crippen LogP contribution in [0.5, 0.6) is 0 Å². The summed E-state index contributed by atoms with van der Waals surface area (Å²) in [6.07, 6.45) is 0. The third-order valence-corrected chi connectivity index (χ3v) is 3.96. The van der Waals surface area contributed by atoms with Gasteiger partial charge in [0.1, 0.15) is 0 Å². The van der Waals surface area contributed by atoms with Gasteiger partial charge in [0.15, 0.2) is 5.69 Å². The zero-order valence-electron chi connectivity index (χ0n) is 13.7. The van der Waals surface area contributed by atoms with Crippen LogP contribution < -0.4 is 5.56 Å². The zero-order valence-corrected chi connectivity index (χ0v) is 13.7. The van der Waals surface area contributed by atoms with Crippen molar-refractivity contribution in [2.45, 2.75) is 0 Å². The molecule has 5 rings (SSSR count). The van der Waals surface area contributed by atoms with Crippen LogP contribution in [0.15, 0.2) is 68.3 Å². The van der Waals surface area contributed by atoms with E-state index in [0.717, 1.165) is 5.56 Å². The first kappa shape index (κ1) is 15.1. The van der Waals surface area contributed by atoms with Crippen LogP contribution in [0.25, 0.3) is 45.5 Å². The van der Waals surface area contributed by atoms with Gasteiger partial charge in [-0.05, 0) is 18.2 Å². The maximum atomic E-state index is 11.9. The highest BCUT2D eigenvalue weighted by Crippen LogP contribution is 2.26. The molecule has 0 aliphatic carbocycles. The van der Waals surface area contributed by atoms with E-state index in [0.29, 0.717) is 22.4 Å². The Hall–Kier alpha value is -4.14. The van der Waals surface area contributed by atoms with Crippen molar-refractivity contribution in [3.05, 3.63) is 65.0 Å². The fraction of sp³-hybridized carbons (Fsp3) is 0. The lowest BCUT2D eigenvalue weighted by Gasteiger charge is -1.99. The summed E-state index contributed by atoms with van der Waals surface area (Å²) in [5.74, 6) is 0.746. The minimum Gasteiger partial charge on any atom is -0.413 e. The van der Waals surface area contributed by atoms with Crippen LogP contribution in [0.3, 0.4) is 0 Å². The van der Waals surface area contributed by atoms with E-state index in [1.165, 1.54) is 0 Å². The molecule has 0 bridgehead atoms. The fourth-order valence-electron chi connectivity index (χ4n) is 2.70. The number of benzene rings is 2. The average molecular weight is 358 g/mol. The van der Waals surface area contributed by atoms with Crippen LogP contribution >= 0.6 is 0 Å². The third kappa shape index (κ3) is 2.58. The Morgan fingerprint density at radius 2 is 1.56 bits per heavy atom. The Labute approximate surface area is 150 Å². The Morgan fingerprint density at radius 3 is 2.41 bits per heavy atom. The summed E-state index contributed by atoms with van der Waals surface area (Å²) in [6.45, 7) is 0. The molecule has 9 heteroatoms. The van der Waals surface area contributed by atoms with Gasteiger partial charge in [-0.2, -0.15) is 10.1 Å². The smallest absolute Gasteiger partial charge is 0.289 e. The predicted molar refractivity (Wildman–Crippen MR) is 94.4 cm³/mol.